The smallest absolute Gasteiger partial charge is 0.246 e. The van der Waals surface area contributed by atoms with E-state index in [1.807, 2.05) is 19.0 Å². The quantitative estimate of drug-likeness (QED) is 0.867. The minimum atomic E-state index is -3.57. The summed E-state index contributed by atoms with van der Waals surface area (Å²) in [6, 6.07) is -0.274. The molecule has 1 N–H and O–H groups in total. The van der Waals surface area contributed by atoms with Crippen molar-refractivity contribution in [3.63, 3.8) is 0 Å². The molecule has 3 rings (SSSR count). The minimum Gasteiger partial charge on any atom is -0.304 e. The Bertz CT molecular complexity index is 759. The molecule has 0 amide bonds. The maximum atomic E-state index is 12.8. The van der Waals surface area contributed by atoms with Crippen LogP contribution in [0.4, 0.5) is 0 Å². The summed E-state index contributed by atoms with van der Waals surface area (Å²) in [5.41, 5.74) is 1.54. The molecule has 23 heavy (non-hydrogen) atoms. The van der Waals surface area contributed by atoms with E-state index in [1.54, 1.807) is 12.4 Å². The second kappa shape index (κ2) is 6.34. The third kappa shape index (κ3) is 3.26. The number of sulfonamides is 1. The highest BCUT2D eigenvalue weighted by molar-refractivity contribution is 7.89. The Labute approximate surface area is 135 Å². The molecule has 9 heteroatoms. The van der Waals surface area contributed by atoms with Crippen LogP contribution in [0, 0.1) is 0 Å². The van der Waals surface area contributed by atoms with Crippen molar-refractivity contribution in [2.45, 2.75) is 30.3 Å². The Morgan fingerprint density at radius 2 is 2.17 bits per heavy atom. The molecule has 2 aromatic heterocycles. The number of hydrogen-bond acceptors (Lipinski definition) is 6. The third-order valence-electron chi connectivity index (χ3n) is 3.81. The molecule has 8 nitrogen and oxygen atoms in total. The molecule has 2 aromatic rings. The van der Waals surface area contributed by atoms with Gasteiger partial charge in [0.05, 0.1) is 29.8 Å². The average molecular weight is 336 g/mol. The van der Waals surface area contributed by atoms with E-state index in [2.05, 4.69) is 20.2 Å². The first-order chi connectivity index (χ1) is 11.0. The lowest BCUT2D eigenvalue weighted by Gasteiger charge is -2.23. The van der Waals surface area contributed by atoms with Crippen LogP contribution in [0.3, 0.4) is 0 Å². The van der Waals surface area contributed by atoms with Crippen molar-refractivity contribution in [2.24, 2.45) is 0 Å². The van der Waals surface area contributed by atoms with E-state index in [9.17, 15) is 8.42 Å². The van der Waals surface area contributed by atoms with E-state index in [0.29, 0.717) is 18.8 Å². The summed E-state index contributed by atoms with van der Waals surface area (Å²) in [5.74, 6) is 0. The van der Waals surface area contributed by atoms with E-state index in [0.717, 1.165) is 18.5 Å². The normalized spacial score (nSPS) is 19.5. The fraction of sp³-hybridized carbons (Fsp3) is 0.500. The lowest BCUT2D eigenvalue weighted by molar-refractivity contribution is 0.378. The first kappa shape index (κ1) is 16.0. The van der Waals surface area contributed by atoms with Crippen LogP contribution in [0.5, 0.6) is 0 Å². The third-order valence-corrected chi connectivity index (χ3v) is 5.68. The van der Waals surface area contributed by atoms with Gasteiger partial charge in [0.15, 0.2) is 0 Å². The molecule has 0 aromatic carbocycles. The van der Waals surface area contributed by atoms with E-state index in [4.69, 9.17) is 0 Å². The summed E-state index contributed by atoms with van der Waals surface area (Å²) >= 11 is 0. The zero-order chi connectivity index (χ0) is 16.4. The molecule has 0 radical (unpaired) electrons. The monoisotopic (exact) mass is 336 g/mol. The summed E-state index contributed by atoms with van der Waals surface area (Å²) in [5, 5.41) is 6.30. The van der Waals surface area contributed by atoms with Crippen molar-refractivity contribution in [2.75, 3.05) is 20.6 Å². The van der Waals surface area contributed by atoms with Crippen LogP contribution < -0.4 is 0 Å². The van der Waals surface area contributed by atoms with Gasteiger partial charge in [0.2, 0.25) is 10.0 Å². The summed E-state index contributed by atoms with van der Waals surface area (Å²) in [6.45, 7) is 1.15. The van der Waals surface area contributed by atoms with Crippen molar-refractivity contribution < 1.29 is 8.42 Å². The minimum absolute atomic E-state index is 0.182. The second-order valence-corrected chi connectivity index (χ2v) is 7.77. The number of aromatic amines is 1. The van der Waals surface area contributed by atoms with Gasteiger partial charge in [0.1, 0.15) is 4.90 Å². The Kier molecular flexibility index (Phi) is 4.42. The van der Waals surface area contributed by atoms with Crippen LogP contribution in [0.1, 0.15) is 30.3 Å². The summed E-state index contributed by atoms with van der Waals surface area (Å²) in [4.78, 5) is 11.0. The van der Waals surface area contributed by atoms with E-state index in [1.165, 1.54) is 16.7 Å². The highest BCUT2D eigenvalue weighted by Crippen LogP contribution is 2.35. The van der Waals surface area contributed by atoms with Crippen molar-refractivity contribution in [3.8, 4) is 0 Å². The van der Waals surface area contributed by atoms with Gasteiger partial charge in [-0.25, -0.2) is 8.42 Å². The number of aromatic nitrogens is 4. The summed E-state index contributed by atoms with van der Waals surface area (Å²) in [6.07, 6.45) is 7.66. The number of H-pyrrole nitrogens is 1. The first-order valence-electron chi connectivity index (χ1n) is 7.44. The van der Waals surface area contributed by atoms with Crippen molar-refractivity contribution in [1.82, 2.24) is 29.4 Å². The van der Waals surface area contributed by atoms with E-state index < -0.39 is 10.0 Å². The van der Waals surface area contributed by atoms with Crippen LogP contribution >= 0.6 is 0 Å². The largest absolute Gasteiger partial charge is 0.304 e. The lowest BCUT2D eigenvalue weighted by atomic mass is 10.1. The predicted molar refractivity (Wildman–Crippen MR) is 83.9 cm³/mol. The van der Waals surface area contributed by atoms with Crippen LogP contribution in [-0.4, -0.2) is 58.4 Å². The first-order valence-corrected chi connectivity index (χ1v) is 8.88. The average Bonchev–Trinajstić information content (AvgIpc) is 3.19. The zero-order valence-electron chi connectivity index (χ0n) is 13.2. The SMILES string of the molecule is CN(C)Cc1cncc(C2CCCN2S(=O)(=O)c2cn[nH]c2)n1. The van der Waals surface area contributed by atoms with Gasteiger partial charge in [0, 0.05) is 25.5 Å². The second-order valence-electron chi connectivity index (χ2n) is 5.88. The highest BCUT2D eigenvalue weighted by atomic mass is 32.2. The van der Waals surface area contributed by atoms with Crippen LogP contribution in [0.25, 0.3) is 0 Å². The zero-order valence-corrected chi connectivity index (χ0v) is 14.0. The van der Waals surface area contributed by atoms with Gasteiger partial charge < -0.3 is 4.90 Å². The van der Waals surface area contributed by atoms with E-state index >= 15 is 0 Å². The Morgan fingerprint density at radius 1 is 1.35 bits per heavy atom. The number of hydrogen-bond donors (Lipinski definition) is 1. The standard InChI is InChI=1S/C14H20N6O2S/c1-19(2)10-11-6-15-9-13(18-11)14-4-3-5-20(14)23(21,22)12-7-16-17-8-12/h6-9,14H,3-5,10H2,1-2H3,(H,16,17). The summed E-state index contributed by atoms with van der Waals surface area (Å²) < 4.78 is 27.0. The van der Waals surface area contributed by atoms with E-state index in [-0.39, 0.29) is 10.9 Å². The summed E-state index contributed by atoms with van der Waals surface area (Å²) in [7, 11) is 0.349. The number of rotatable bonds is 5. The van der Waals surface area contributed by atoms with Crippen molar-refractivity contribution >= 4 is 10.0 Å². The number of nitrogens with zero attached hydrogens (tertiary/aromatic N) is 5. The van der Waals surface area contributed by atoms with Crippen LogP contribution in [-0.2, 0) is 16.6 Å². The lowest BCUT2D eigenvalue weighted by Crippen LogP contribution is -2.31. The molecular weight excluding hydrogens is 316 g/mol. The van der Waals surface area contributed by atoms with Crippen LogP contribution in [0.2, 0.25) is 0 Å². The molecule has 3 heterocycles. The van der Waals surface area contributed by atoms with Gasteiger partial charge in [-0.1, -0.05) is 0 Å². The predicted octanol–water partition coefficient (Wildman–Crippen LogP) is 0.787. The molecule has 1 fully saturated rings. The van der Waals surface area contributed by atoms with Crippen molar-refractivity contribution in [3.05, 3.63) is 36.2 Å². The molecule has 0 spiro atoms. The fourth-order valence-electron chi connectivity index (χ4n) is 2.82. The number of nitrogens with one attached hydrogen (secondary N) is 1. The highest BCUT2D eigenvalue weighted by Gasteiger charge is 2.37. The van der Waals surface area contributed by atoms with Crippen LogP contribution in [0.15, 0.2) is 29.7 Å². The topological polar surface area (TPSA) is 95.1 Å². The molecular formula is C14H20N6O2S. The Morgan fingerprint density at radius 3 is 2.87 bits per heavy atom. The molecule has 0 aliphatic carbocycles. The van der Waals surface area contributed by atoms with Gasteiger partial charge in [-0.2, -0.15) is 9.40 Å². The maximum Gasteiger partial charge on any atom is 0.246 e. The molecule has 1 aliphatic heterocycles. The molecule has 0 bridgehead atoms. The van der Waals surface area contributed by atoms with Gasteiger partial charge in [-0.05, 0) is 26.9 Å². The van der Waals surface area contributed by atoms with Gasteiger partial charge >= 0.3 is 0 Å². The molecule has 1 atom stereocenters. The molecule has 0 saturated carbocycles. The van der Waals surface area contributed by atoms with Gasteiger partial charge in [0.25, 0.3) is 0 Å². The Balaban J connectivity index is 1.90. The molecule has 1 aliphatic rings. The molecule has 1 unspecified atom stereocenters. The molecule has 124 valence electrons. The Hall–Kier alpha value is -1.84. The maximum absolute atomic E-state index is 12.8. The molecule has 1 saturated heterocycles. The van der Waals surface area contributed by atoms with Gasteiger partial charge in [-0.3, -0.25) is 15.1 Å². The van der Waals surface area contributed by atoms with Gasteiger partial charge in [-0.15, -0.1) is 0 Å². The fourth-order valence-corrected chi connectivity index (χ4v) is 4.40. The van der Waals surface area contributed by atoms with Crippen molar-refractivity contribution in [1.29, 1.82) is 0 Å².